The van der Waals surface area contributed by atoms with Gasteiger partial charge in [-0.1, -0.05) is 6.92 Å². The lowest BCUT2D eigenvalue weighted by molar-refractivity contribution is -0.148. The molecule has 1 unspecified atom stereocenters. The van der Waals surface area contributed by atoms with Gasteiger partial charge in [-0.2, -0.15) is 0 Å². The Hall–Kier alpha value is -1.85. The molecule has 18 heavy (non-hydrogen) atoms. The minimum Gasteiger partial charge on any atom is -0.481 e. The quantitative estimate of drug-likeness (QED) is 0.876. The van der Waals surface area contributed by atoms with E-state index in [9.17, 15) is 14.7 Å². The monoisotopic (exact) mass is 252 g/mol. The number of nitrogens with zero attached hydrogens (tertiary/aromatic N) is 2. The topological polar surface area (TPSA) is 83.6 Å². The van der Waals surface area contributed by atoms with Crippen LogP contribution in [0.15, 0.2) is 10.8 Å². The molecule has 1 fully saturated rings. The van der Waals surface area contributed by atoms with Gasteiger partial charge in [-0.25, -0.2) is 4.98 Å². The number of hydrogen-bond donors (Lipinski definition) is 1. The minimum absolute atomic E-state index is 0.201. The number of amides is 1. The Bertz CT molecular complexity index is 482. The van der Waals surface area contributed by atoms with Gasteiger partial charge in [0.2, 0.25) is 5.76 Å². The van der Waals surface area contributed by atoms with Gasteiger partial charge in [-0.3, -0.25) is 9.59 Å². The number of aromatic nitrogens is 1. The fourth-order valence-corrected chi connectivity index (χ4v) is 2.31. The summed E-state index contributed by atoms with van der Waals surface area (Å²) in [7, 11) is 0. The van der Waals surface area contributed by atoms with Crippen LogP contribution in [-0.2, 0) is 4.79 Å². The number of carbonyl (C=O) groups excluding carboxylic acids is 1. The van der Waals surface area contributed by atoms with Crippen LogP contribution in [-0.4, -0.2) is 40.0 Å². The second-order valence-corrected chi connectivity index (χ2v) is 4.68. The van der Waals surface area contributed by atoms with Crippen molar-refractivity contribution in [2.75, 3.05) is 13.1 Å². The van der Waals surface area contributed by atoms with Crippen LogP contribution in [0.4, 0.5) is 0 Å². The van der Waals surface area contributed by atoms with Gasteiger partial charge in [0.15, 0.2) is 6.39 Å². The molecule has 6 heteroatoms. The fourth-order valence-electron chi connectivity index (χ4n) is 2.31. The van der Waals surface area contributed by atoms with Gasteiger partial charge >= 0.3 is 5.97 Å². The van der Waals surface area contributed by atoms with E-state index in [-0.39, 0.29) is 18.2 Å². The molecule has 1 atom stereocenters. The van der Waals surface area contributed by atoms with Gasteiger partial charge in [0.1, 0.15) is 0 Å². The summed E-state index contributed by atoms with van der Waals surface area (Å²) in [5.74, 6) is -0.913. The molecular formula is C12H16N2O4. The highest BCUT2D eigenvalue weighted by molar-refractivity contribution is 5.93. The first-order valence-electron chi connectivity index (χ1n) is 5.93. The molecule has 98 valence electrons. The molecule has 0 aromatic carbocycles. The minimum atomic E-state index is -0.838. The van der Waals surface area contributed by atoms with Crippen molar-refractivity contribution >= 4 is 11.9 Å². The summed E-state index contributed by atoms with van der Waals surface area (Å²) >= 11 is 0. The van der Waals surface area contributed by atoms with Crippen molar-refractivity contribution in [3.05, 3.63) is 17.8 Å². The maximum Gasteiger partial charge on any atom is 0.311 e. The zero-order chi connectivity index (χ0) is 13.3. The van der Waals surface area contributed by atoms with Gasteiger partial charge < -0.3 is 14.4 Å². The van der Waals surface area contributed by atoms with Crippen LogP contribution in [0, 0.1) is 12.3 Å². The lowest BCUT2D eigenvalue weighted by Crippen LogP contribution is -2.36. The molecule has 0 bridgehead atoms. The molecule has 2 rings (SSSR count). The molecule has 0 saturated carbocycles. The summed E-state index contributed by atoms with van der Waals surface area (Å²) in [4.78, 5) is 28.9. The molecule has 1 aliphatic rings. The number of likely N-dealkylation sites (tertiary alicyclic amines) is 1. The second kappa shape index (κ2) is 4.44. The third-order valence-electron chi connectivity index (χ3n) is 3.71. The molecule has 0 spiro atoms. The highest BCUT2D eigenvalue weighted by atomic mass is 16.4. The molecule has 6 nitrogen and oxygen atoms in total. The van der Waals surface area contributed by atoms with E-state index in [2.05, 4.69) is 4.98 Å². The van der Waals surface area contributed by atoms with Gasteiger partial charge in [-0.05, 0) is 19.8 Å². The van der Waals surface area contributed by atoms with E-state index in [0.717, 1.165) is 0 Å². The fraction of sp³-hybridized carbons (Fsp3) is 0.583. The molecule has 1 saturated heterocycles. The number of carbonyl (C=O) groups is 2. The van der Waals surface area contributed by atoms with Crippen molar-refractivity contribution in [1.29, 1.82) is 0 Å². The number of aryl methyl sites for hydroxylation is 1. The molecule has 1 amide bonds. The van der Waals surface area contributed by atoms with Gasteiger partial charge in [-0.15, -0.1) is 0 Å². The Kier molecular flexibility index (Phi) is 3.11. The molecule has 0 radical (unpaired) electrons. The molecule has 1 aromatic heterocycles. The van der Waals surface area contributed by atoms with E-state index in [1.807, 2.05) is 6.92 Å². The standard InChI is InChI=1S/C12H16N2O4/c1-3-12(11(16)17)4-5-14(6-12)10(15)9-8(2)13-7-18-9/h7H,3-6H2,1-2H3,(H,16,17). The average Bonchev–Trinajstić information content (AvgIpc) is 2.95. The number of hydrogen-bond acceptors (Lipinski definition) is 4. The lowest BCUT2D eigenvalue weighted by Gasteiger charge is -2.22. The third-order valence-corrected chi connectivity index (χ3v) is 3.71. The van der Waals surface area contributed by atoms with Crippen molar-refractivity contribution in [2.45, 2.75) is 26.7 Å². The molecule has 0 aliphatic carbocycles. The molecule has 1 aromatic rings. The number of carboxylic acid groups (broad SMARTS) is 1. The highest BCUT2D eigenvalue weighted by Gasteiger charge is 2.45. The van der Waals surface area contributed by atoms with Crippen LogP contribution in [0.5, 0.6) is 0 Å². The number of aliphatic carboxylic acids is 1. The zero-order valence-corrected chi connectivity index (χ0v) is 10.5. The van der Waals surface area contributed by atoms with Gasteiger partial charge in [0.25, 0.3) is 5.91 Å². The Morgan fingerprint density at radius 2 is 2.33 bits per heavy atom. The van der Waals surface area contributed by atoms with Crippen molar-refractivity contribution in [2.24, 2.45) is 5.41 Å². The number of oxazole rings is 1. The highest BCUT2D eigenvalue weighted by Crippen LogP contribution is 2.34. The first-order chi connectivity index (χ1) is 8.50. The number of carboxylic acids is 1. The average molecular weight is 252 g/mol. The predicted octanol–water partition coefficient (Wildman–Crippen LogP) is 1.31. The lowest BCUT2D eigenvalue weighted by atomic mass is 9.84. The van der Waals surface area contributed by atoms with E-state index in [4.69, 9.17) is 4.42 Å². The summed E-state index contributed by atoms with van der Waals surface area (Å²) < 4.78 is 5.05. The van der Waals surface area contributed by atoms with Crippen LogP contribution in [0.1, 0.15) is 36.0 Å². The number of rotatable bonds is 3. The van der Waals surface area contributed by atoms with Crippen LogP contribution in [0.25, 0.3) is 0 Å². The maximum absolute atomic E-state index is 12.2. The van der Waals surface area contributed by atoms with E-state index >= 15 is 0 Å². The molecule has 1 N–H and O–H groups in total. The van der Waals surface area contributed by atoms with Crippen LogP contribution in [0.2, 0.25) is 0 Å². The summed E-state index contributed by atoms with van der Waals surface area (Å²) in [6.07, 6.45) is 2.22. The summed E-state index contributed by atoms with van der Waals surface area (Å²) in [6.45, 7) is 4.20. The molecular weight excluding hydrogens is 236 g/mol. The van der Waals surface area contributed by atoms with Crippen LogP contribution in [0.3, 0.4) is 0 Å². The molecule has 2 heterocycles. The predicted molar refractivity (Wildman–Crippen MR) is 62.1 cm³/mol. The van der Waals surface area contributed by atoms with E-state index < -0.39 is 11.4 Å². The smallest absolute Gasteiger partial charge is 0.311 e. The van der Waals surface area contributed by atoms with E-state index in [0.29, 0.717) is 25.1 Å². The van der Waals surface area contributed by atoms with Gasteiger partial charge in [0, 0.05) is 13.1 Å². The Morgan fingerprint density at radius 1 is 1.61 bits per heavy atom. The SMILES string of the molecule is CCC1(C(=O)O)CCN(C(=O)c2ocnc2C)C1. The molecule has 1 aliphatic heterocycles. The summed E-state index contributed by atoms with van der Waals surface area (Å²) in [5.41, 5.74) is -0.284. The van der Waals surface area contributed by atoms with E-state index in [1.54, 1.807) is 6.92 Å². The Morgan fingerprint density at radius 3 is 2.78 bits per heavy atom. The van der Waals surface area contributed by atoms with Crippen LogP contribution >= 0.6 is 0 Å². The third kappa shape index (κ3) is 1.87. The van der Waals surface area contributed by atoms with Crippen molar-refractivity contribution < 1.29 is 19.1 Å². The van der Waals surface area contributed by atoms with Crippen molar-refractivity contribution in [3.8, 4) is 0 Å². The second-order valence-electron chi connectivity index (χ2n) is 4.68. The Balaban J connectivity index is 2.17. The largest absolute Gasteiger partial charge is 0.481 e. The van der Waals surface area contributed by atoms with Crippen molar-refractivity contribution in [3.63, 3.8) is 0 Å². The zero-order valence-electron chi connectivity index (χ0n) is 10.5. The Labute approximate surface area is 105 Å². The normalized spacial score (nSPS) is 23.3. The summed E-state index contributed by atoms with van der Waals surface area (Å²) in [5, 5.41) is 9.27. The van der Waals surface area contributed by atoms with E-state index in [1.165, 1.54) is 11.3 Å². The van der Waals surface area contributed by atoms with Crippen LogP contribution < -0.4 is 0 Å². The first-order valence-corrected chi connectivity index (χ1v) is 5.93. The maximum atomic E-state index is 12.2. The van der Waals surface area contributed by atoms with Crippen molar-refractivity contribution in [1.82, 2.24) is 9.88 Å². The van der Waals surface area contributed by atoms with Gasteiger partial charge in [0.05, 0.1) is 11.1 Å². The summed E-state index contributed by atoms with van der Waals surface area (Å²) in [6, 6.07) is 0. The first kappa shape index (κ1) is 12.6.